The van der Waals surface area contributed by atoms with E-state index in [0.717, 1.165) is 0 Å². The molecule has 0 aliphatic heterocycles. The molecular formula is C12H7BrCl2N2O. The van der Waals surface area contributed by atoms with Crippen LogP contribution in [0.3, 0.4) is 0 Å². The van der Waals surface area contributed by atoms with Crippen LogP contribution in [0.5, 0.6) is 0 Å². The molecule has 0 bridgehead atoms. The Hall–Kier alpha value is -1.10. The van der Waals surface area contributed by atoms with Gasteiger partial charge in [-0.2, -0.15) is 0 Å². The number of halogens is 3. The number of amides is 1. The second kappa shape index (κ2) is 5.69. The second-order valence-corrected chi connectivity index (χ2v) is 5.07. The Morgan fingerprint density at radius 3 is 2.78 bits per heavy atom. The number of carbonyl (C=O) groups excluding carboxylic acids is 1. The van der Waals surface area contributed by atoms with Crippen molar-refractivity contribution in [2.45, 2.75) is 0 Å². The first-order valence-corrected chi connectivity index (χ1v) is 6.50. The Balaban J connectivity index is 2.28. The Morgan fingerprint density at radius 2 is 2.06 bits per heavy atom. The van der Waals surface area contributed by atoms with Crippen molar-refractivity contribution >= 4 is 50.7 Å². The Bertz CT molecular complexity index is 604. The third-order valence-electron chi connectivity index (χ3n) is 2.18. The lowest BCUT2D eigenvalue weighted by Gasteiger charge is -2.08. The zero-order valence-electron chi connectivity index (χ0n) is 8.95. The van der Waals surface area contributed by atoms with Crippen LogP contribution in [0.4, 0.5) is 5.69 Å². The quantitative estimate of drug-likeness (QED) is 0.819. The molecule has 0 saturated heterocycles. The number of rotatable bonds is 2. The van der Waals surface area contributed by atoms with Crippen LogP contribution in [0.2, 0.25) is 10.2 Å². The average Bonchev–Trinajstić information content (AvgIpc) is 2.35. The van der Waals surface area contributed by atoms with Crippen molar-refractivity contribution in [3.63, 3.8) is 0 Å². The summed E-state index contributed by atoms with van der Waals surface area (Å²) in [5, 5.41) is 3.40. The van der Waals surface area contributed by atoms with E-state index in [0.29, 0.717) is 20.7 Å². The molecule has 3 nitrogen and oxygen atoms in total. The van der Waals surface area contributed by atoms with E-state index in [-0.39, 0.29) is 11.1 Å². The van der Waals surface area contributed by atoms with Crippen LogP contribution in [-0.2, 0) is 0 Å². The summed E-state index contributed by atoms with van der Waals surface area (Å²) < 4.78 is 0.657. The van der Waals surface area contributed by atoms with Crippen LogP contribution in [0.1, 0.15) is 10.4 Å². The molecule has 18 heavy (non-hydrogen) atoms. The predicted octanol–water partition coefficient (Wildman–Crippen LogP) is 4.40. The molecule has 2 aromatic rings. The summed E-state index contributed by atoms with van der Waals surface area (Å²) >= 11 is 15.0. The fourth-order valence-corrected chi connectivity index (χ4v) is 2.11. The molecule has 1 aromatic carbocycles. The van der Waals surface area contributed by atoms with Gasteiger partial charge in [0, 0.05) is 15.7 Å². The van der Waals surface area contributed by atoms with Crippen LogP contribution < -0.4 is 5.32 Å². The Morgan fingerprint density at radius 1 is 1.28 bits per heavy atom. The molecule has 0 saturated carbocycles. The number of aromatic nitrogens is 1. The summed E-state index contributed by atoms with van der Waals surface area (Å²) in [7, 11) is 0. The van der Waals surface area contributed by atoms with Crippen LogP contribution in [-0.4, -0.2) is 10.9 Å². The third kappa shape index (κ3) is 3.02. The highest BCUT2D eigenvalue weighted by molar-refractivity contribution is 9.10. The maximum Gasteiger partial charge on any atom is 0.256 e. The predicted molar refractivity (Wildman–Crippen MR) is 76.4 cm³/mol. The maximum atomic E-state index is 12.1. The number of hydrogen-bond donors (Lipinski definition) is 1. The van der Waals surface area contributed by atoms with Gasteiger partial charge in [-0.3, -0.25) is 4.79 Å². The zero-order valence-corrected chi connectivity index (χ0v) is 12.1. The van der Waals surface area contributed by atoms with Gasteiger partial charge in [0.15, 0.2) is 5.15 Å². The molecule has 2 rings (SSSR count). The van der Waals surface area contributed by atoms with Gasteiger partial charge in [0.25, 0.3) is 5.91 Å². The summed E-state index contributed by atoms with van der Waals surface area (Å²) in [6.45, 7) is 0. The molecule has 1 amide bonds. The van der Waals surface area contributed by atoms with Crippen molar-refractivity contribution in [1.82, 2.24) is 4.98 Å². The van der Waals surface area contributed by atoms with Gasteiger partial charge < -0.3 is 5.32 Å². The van der Waals surface area contributed by atoms with Gasteiger partial charge >= 0.3 is 0 Å². The minimum absolute atomic E-state index is 0.240. The first-order valence-electron chi connectivity index (χ1n) is 4.95. The fraction of sp³-hybridized carbons (Fsp3) is 0. The third-order valence-corrected chi connectivity index (χ3v) is 3.41. The van der Waals surface area contributed by atoms with Crippen LogP contribution in [0, 0.1) is 0 Å². The molecule has 6 heteroatoms. The second-order valence-electron chi connectivity index (χ2n) is 3.42. The van der Waals surface area contributed by atoms with E-state index in [2.05, 4.69) is 26.2 Å². The number of hydrogen-bond acceptors (Lipinski definition) is 2. The topological polar surface area (TPSA) is 42.0 Å². The summed E-state index contributed by atoms with van der Waals surface area (Å²) in [4.78, 5) is 15.9. The number of nitrogens with one attached hydrogen (secondary N) is 1. The molecular weight excluding hydrogens is 339 g/mol. The van der Waals surface area contributed by atoms with Gasteiger partial charge in [0.05, 0.1) is 11.3 Å². The molecule has 0 aliphatic rings. The normalized spacial score (nSPS) is 10.2. The highest BCUT2D eigenvalue weighted by Gasteiger charge is 2.12. The largest absolute Gasteiger partial charge is 0.319 e. The lowest BCUT2D eigenvalue weighted by molar-refractivity contribution is 0.102. The lowest BCUT2D eigenvalue weighted by atomic mass is 10.2. The van der Waals surface area contributed by atoms with Crippen LogP contribution >= 0.6 is 39.1 Å². The van der Waals surface area contributed by atoms with Crippen molar-refractivity contribution in [2.75, 3.05) is 5.32 Å². The van der Waals surface area contributed by atoms with Crippen molar-refractivity contribution in [3.05, 3.63) is 56.7 Å². The van der Waals surface area contributed by atoms with E-state index in [1.807, 2.05) is 0 Å². The maximum absolute atomic E-state index is 12.1. The van der Waals surface area contributed by atoms with Gasteiger partial charge in [0.1, 0.15) is 0 Å². The molecule has 92 valence electrons. The van der Waals surface area contributed by atoms with Gasteiger partial charge in [-0.05, 0) is 46.3 Å². The van der Waals surface area contributed by atoms with Crippen molar-refractivity contribution in [3.8, 4) is 0 Å². The first-order chi connectivity index (χ1) is 8.58. The van der Waals surface area contributed by atoms with E-state index in [1.54, 1.807) is 36.5 Å². The van der Waals surface area contributed by atoms with Gasteiger partial charge in [0.2, 0.25) is 0 Å². The molecule has 0 aliphatic carbocycles. The highest BCUT2D eigenvalue weighted by atomic mass is 79.9. The lowest BCUT2D eigenvalue weighted by Crippen LogP contribution is -2.13. The summed E-state index contributed by atoms with van der Waals surface area (Å²) in [6, 6.07) is 8.34. The number of nitrogens with zero attached hydrogens (tertiary/aromatic N) is 1. The number of anilines is 1. The molecule has 0 atom stereocenters. The molecule has 1 heterocycles. The van der Waals surface area contributed by atoms with Crippen LogP contribution in [0.25, 0.3) is 0 Å². The van der Waals surface area contributed by atoms with Gasteiger partial charge in [-0.15, -0.1) is 0 Å². The standard InChI is InChI=1S/C12H7BrCl2N2O/c13-9-4-3-7(14)6-8(9)12(18)17-10-2-1-5-16-11(10)15/h1-6H,(H,17,18). The molecule has 0 fully saturated rings. The average molecular weight is 346 g/mol. The first kappa shape index (κ1) is 13.3. The summed E-state index contributed by atoms with van der Waals surface area (Å²) in [6.07, 6.45) is 1.55. The van der Waals surface area contributed by atoms with E-state index < -0.39 is 0 Å². The van der Waals surface area contributed by atoms with Crippen LogP contribution in [0.15, 0.2) is 41.0 Å². The molecule has 0 unspecified atom stereocenters. The molecule has 1 aromatic heterocycles. The van der Waals surface area contributed by atoms with E-state index >= 15 is 0 Å². The Labute approximate surface area is 122 Å². The molecule has 0 radical (unpaired) electrons. The number of pyridine rings is 1. The minimum Gasteiger partial charge on any atom is -0.319 e. The smallest absolute Gasteiger partial charge is 0.256 e. The zero-order chi connectivity index (χ0) is 13.1. The minimum atomic E-state index is -0.306. The van der Waals surface area contributed by atoms with E-state index in [1.165, 1.54) is 0 Å². The fourth-order valence-electron chi connectivity index (χ4n) is 1.34. The molecule has 1 N–H and O–H groups in total. The number of carbonyl (C=O) groups is 1. The van der Waals surface area contributed by atoms with E-state index in [9.17, 15) is 4.79 Å². The van der Waals surface area contributed by atoms with E-state index in [4.69, 9.17) is 23.2 Å². The van der Waals surface area contributed by atoms with Crippen molar-refractivity contribution in [1.29, 1.82) is 0 Å². The van der Waals surface area contributed by atoms with Crippen molar-refractivity contribution < 1.29 is 4.79 Å². The highest BCUT2D eigenvalue weighted by Crippen LogP contribution is 2.24. The number of benzene rings is 1. The van der Waals surface area contributed by atoms with Gasteiger partial charge in [-0.1, -0.05) is 23.2 Å². The van der Waals surface area contributed by atoms with Crippen molar-refractivity contribution in [2.24, 2.45) is 0 Å². The SMILES string of the molecule is O=C(Nc1cccnc1Cl)c1cc(Cl)ccc1Br. The summed E-state index contributed by atoms with van der Waals surface area (Å²) in [5.74, 6) is -0.306. The monoisotopic (exact) mass is 344 g/mol. The summed E-state index contributed by atoms with van der Waals surface area (Å²) in [5.41, 5.74) is 0.887. The Kier molecular flexibility index (Phi) is 4.22. The van der Waals surface area contributed by atoms with Gasteiger partial charge in [-0.25, -0.2) is 4.98 Å². The molecule has 0 spiro atoms.